The molecule has 1 unspecified atom stereocenters. The highest BCUT2D eigenvalue weighted by Gasteiger charge is 2.12. The molecule has 0 radical (unpaired) electrons. The van der Waals surface area contributed by atoms with E-state index in [4.69, 9.17) is 15.7 Å². The molecule has 0 aromatic heterocycles. The zero-order chi connectivity index (χ0) is 13.7. The smallest absolute Gasteiger partial charge is 0.125 e. The second kappa shape index (κ2) is 5.98. The highest BCUT2D eigenvalue weighted by molar-refractivity contribution is 5.39. The van der Waals surface area contributed by atoms with Crippen molar-refractivity contribution in [2.45, 2.75) is 12.6 Å². The van der Waals surface area contributed by atoms with E-state index in [1.165, 1.54) is 18.2 Å². The summed E-state index contributed by atoms with van der Waals surface area (Å²) in [7, 11) is 0. The largest absolute Gasteiger partial charge is 0.489 e. The molecule has 0 heterocycles. The van der Waals surface area contributed by atoms with Gasteiger partial charge in [0.2, 0.25) is 0 Å². The topological polar surface area (TPSA) is 59.0 Å². The molecule has 0 aliphatic carbocycles. The Morgan fingerprint density at radius 1 is 1.21 bits per heavy atom. The van der Waals surface area contributed by atoms with Crippen molar-refractivity contribution in [1.29, 1.82) is 5.26 Å². The first-order valence-corrected chi connectivity index (χ1v) is 5.82. The molecule has 19 heavy (non-hydrogen) atoms. The second-order valence-electron chi connectivity index (χ2n) is 4.06. The number of hydrogen-bond acceptors (Lipinski definition) is 3. The van der Waals surface area contributed by atoms with Crippen molar-refractivity contribution in [2.75, 3.05) is 0 Å². The van der Waals surface area contributed by atoms with Crippen molar-refractivity contribution in [2.24, 2.45) is 5.73 Å². The molecule has 0 aliphatic rings. The molecule has 0 bridgehead atoms. The molecule has 1 atom stereocenters. The predicted octanol–water partition coefficient (Wildman–Crippen LogP) is 2.93. The molecular weight excluding hydrogens is 243 g/mol. The molecule has 0 fully saturated rings. The molecule has 0 saturated heterocycles. The zero-order valence-corrected chi connectivity index (χ0v) is 10.2. The fourth-order valence-corrected chi connectivity index (χ4v) is 1.70. The Kier molecular flexibility index (Phi) is 4.11. The maximum atomic E-state index is 13.2. The van der Waals surface area contributed by atoms with Gasteiger partial charge in [-0.05, 0) is 23.8 Å². The average molecular weight is 256 g/mol. The molecule has 2 aromatic carbocycles. The maximum Gasteiger partial charge on any atom is 0.125 e. The first-order chi connectivity index (χ1) is 9.20. The normalized spacial score (nSPS) is 11.6. The van der Waals surface area contributed by atoms with E-state index in [1.807, 2.05) is 36.4 Å². The van der Waals surface area contributed by atoms with E-state index in [0.717, 1.165) is 5.56 Å². The summed E-state index contributed by atoms with van der Waals surface area (Å²) in [5.74, 6) is -0.00735. The Bertz CT molecular complexity index is 593. The van der Waals surface area contributed by atoms with Crippen LogP contribution in [0.4, 0.5) is 4.39 Å². The molecule has 2 aromatic rings. The molecule has 0 amide bonds. The molecule has 2 rings (SSSR count). The second-order valence-corrected chi connectivity index (χ2v) is 4.06. The number of hydrogen-bond donors (Lipinski definition) is 1. The summed E-state index contributed by atoms with van der Waals surface area (Å²) in [5.41, 5.74) is 6.97. The molecule has 0 spiro atoms. The standard InChI is InChI=1S/C15H13FN2O/c16-12-6-7-15(13(8-12)14(18)9-17)19-10-11-4-2-1-3-5-11/h1-8,14H,10,18H2. The first kappa shape index (κ1) is 13.1. The SMILES string of the molecule is N#CC(N)c1cc(F)ccc1OCc1ccccc1. The van der Waals surface area contributed by atoms with Gasteiger partial charge in [0.05, 0.1) is 6.07 Å². The van der Waals surface area contributed by atoms with E-state index in [0.29, 0.717) is 17.9 Å². The lowest BCUT2D eigenvalue weighted by atomic mass is 10.1. The fraction of sp³-hybridized carbons (Fsp3) is 0.133. The number of nitriles is 1. The molecule has 4 heteroatoms. The lowest BCUT2D eigenvalue weighted by molar-refractivity contribution is 0.301. The van der Waals surface area contributed by atoms with Gasteiger partial charge in [-0.1, -0.05) is 30.3 Å². The van der Waals surface area contributed by atoms with Crippen molar-refractivity contribution >= 4 is 0 Å². The molecular formula is C15H13FN2O. The van der Waals surface area contributed by atoms with Gasteiger partial charge < -0.3 is 10.5 Å². The van der Waals surface area contributed by atoms with Gasteiger partial charge in [-0.25, -0.2) is 4.39 Å². The van der Waals surface area contributed by atoms with Gasteiger partial charge in [0.15, 0.2) is 0 Å². The van der Waals surface area contributed by atoms with Gasteiger partial charge in [0.1, 0.15) is 24.2 Å². The number of nitrogens with two attached hydrogens (primary N) is 1. The van der Waals surface area contributed by atoms with E-state index < -0.39 is 11.9 Å². The minimum absolute atomic E-state index is 0.345. The van der Waals surface area contributed by atoms with Crippen LogP contribution in [0.1, 0.15) is 17.2 Å². The summed E-state index contributed by atoms with van der Waals surface area (Å²) in [5, 5.41) is 8.84. The maximum absolute atomic E-state index is 13.2. The first-order valence-electron chi connectivity index (χ1n) is 5.82. The number of ether oxygens (including phenoxy) is 1. The van der Waals surface area contributed by atoms with Crippen molar-refractivity contribution < 1.29 is 9.13 Å². The van der Waals surface area contributed by atoms with E-state index >= 15 is 0 Å². The van der Waals surface area contributed by atoms with Crippen LogP contribution in [0.5, 0.6) is 5.75 Å². The third kappa shape index (κ3) is 3.30. The van der Waals surface area contributed by atoms with Crippen molar-refractivity contribution in [3.63, 3.8) is 0 Å². The van der Waals surface area contributed by atoms with Gasteiger partial charge in [0.25, 0.3) is 0 Å². The van der Waals surface area contributed by atoms with Crippen molar-refractivity contribution in [3.05, 3.63) is 65.5 Å². The third-order valence-electron chi connectivity index (χ3n) is 2.68. The number of rotatable bonds is 4. The molecule has 2 N–H and O–H groups in total. The van der Waals surface area contributed by atoms with Crippen LogP contribution in [0.2, 0.25) is 0 Å². The Morgan fingerprint density at radius 3 is 2.63 bits per heavy atom. The summed E-state index contributed by atoms with van der Waals surface area (Å²) in [4.78, 5) is 0. The van der Waals surface area contributed by atoms with Gasteiger partial charge in [-0.15, -0.1) is 0 Å². The van der Waals surface area contributed by atoms with Gasteiger partial charge in [0, 0.05) is 5.56 Å². The molecule has 3 nitrogen and oxygen atoms in total. The van der Waals surface area contributed by atoms with Crippen LogP contribution < -0.4 is 10.5 Å². The highest BCUT2D eigenvalue weighted by Crippen LogP contribution is 2.25. The highest BCUT2D eigenvalue weighted by atomic mass is 19.1. The third-order valence-corrected chi connectivity index (χ3v) is 2.68. The zero-order valence-electron chi connectivity index (χ0n) is 10.2. The fourth-order valence-electron chi connectivity index (χ4n) is 1.70. The Balaban J connectivity index is 2.18. The van der Waals surface area contributed by atoms with E-state index in [2.05, 4.69) is 0 Å². The van der Waals surface area contributed by atoms with Crippen LogP contribution in [-0.2, 0) is 6.61 Å². The number of nitrogens with zero attached hydrogens (tertiary/aromatic N) is 1. The summed E-state index contributed by atoms with van der Waals surface area (Å²) in [6.07, 6.45) is 0. The van der Waals surface area contributed by atoms with E-state index in [9.17, 15) is 4.39 Å². The van der Waals surface area contributed by atoms with Gasteiger partial charge in [-0.2, -0.15) is 5.26 Å². The van der Waals surface area contributed by atoms with E-state index in [-0.39, 0.29) is 0 Å². The van der Waals surface area contributed by atoms with Crippen LogP contribution in [0, 0.1) is 17.1 Å². The van der Waals surface area contributed by atoms with Crippen LogP contribution >= 0.6 is 0 Å². The molecule has 0 saturated carbocycles. The average Bonchev–Trinajstić information content (AvgIpc) is 2.46. The molecule has 0 aliphatic heterocycles. The number of benzene rings is 2. The summed E-state index contributed by atoms with van der Waals surface area (Å²) < 4.78 is 18.8. The summed E-state index contributed by atoms with van der Waals surface area (Å²) in [6.45, 7) is 0.345. The Hall–Kier alpha value is -2.38. The summed E-state index contributed by atoms with van der Waals surface area (Å²) in [6, 6.07) is 14.6. The lowest BCUT2D eigenvalue weighted by Gasteiger charge is -2.13. The van der Waals surface area contributed by atoms with Gasteiger partial charge in [-0.3, -0.25) is 0 Å². The lowest BCUT2D eigenvalue weighted by Crippen LogP contribution is -2.10. The minimum atomic E-state index is -0.901. The number of halogens is 1. The summed E-state index contributed by atoms with van der Waals surface area (Å²) >= 11 is 0. The Morgan fingerprint density at radius 2 is 1.95 bits per heavy atom. The van der Waals surface area contributed by atoms with Crippen LogP contribution in [-0.4, -0.2) is 0 Å². The van der Waals surface area contributed by atoms with Crippen LogP contribution in [0.15, 0.2) is 48.5 Å². The van der Waals surface area contributed by atoms with Gasteiger partial charge >= 0.3 is 0 Å². The van der Waals surface area contributed by atoms with Crippen molar-refractivity contribution in [1.82, 2.24) is 0 Å². The van der Waals surface area contributed by atoms with E-state index in [1.54, 1.807) is 0 Å². The Labute approximate surface area is 111 Å². The minimum Gasteiger partial charge on any atom is -0.489 e. The van der Waals surface area contributed by atoms with Crippen LogP contribution in [0.25, 0.3) is 0 Å². The monoisotopic (exact) mass is 256 g/mol. The predicted molar refractivity (Wildman–Crippen MR) is 69.7 cm³/mol. The van der Waals surface area contributed by atoms with Crippen LogP contribution in [0.3, 0.4) is 0 Å². The van der Waals surface area contributed by atoms with Crippen molar-refractivity contribution in [3.8, 4) is 11.8 Å². The molecule has 96 valence electrons. The quantitative estimate of drug-likeness (QED) is 0.914.